The summed E-state index contributed by atoms with van der Waals surface area (Å²) in [6.45, 7) is -0.378. The van der Waals surface area contributed by atoms with Crippen LogP contribution in [-0.2, 0) is 28.9 Å². The Morgan fingerprint density at radius 3 is 2.27 bits per heavy atom. The molecule has 1 saturated heterocycles. The molecule has 3 aromatic carbocycles. The SMILES string of the molecule is NC1=CC(CCO[C@@H]2[C@@H](Oc3c(O)c4c(c(CCc5ccccc5)c3CN=C(N)N)C(=O)c3ccccc3C4=O)O[C@@H](CO)[C@H](O)[C@H]2O)=CCN1. The number of benzene rings is 3. The van der Waals surface area contributed by atoms with Crippen LogP contribution in [0.3, 0.4) is 0 Å². The fourth-order valence-corrected chi connectivity index (χ4v) is 6.63. The maximum atomic E-state index is 14.2. The van der Waals surface area contributed by atoms with E-state index in [0.717, 1.165) is 11.1 Å². The van der Waals surface area contributed by atoms with Crippen molar-refractivity contribution in [1.29, 1.82) is 0 Å². The van der Waals surface area contributed by atoms with Gasteiger partial charge in [-0.15, -0.1) is 0 Å². The number of nitrogens with one attached hydrogen (secondary N) is 1. The summed E-state index contributed by atoms with van der Waals surface area (Å²) in [5.74, 6) is -1.79. The maximum absolute atomic E-state index is 14.2. The fraction of sp³-hybridized carbons (Fsp3) is 0.324. The molecular formula is C37H41N5O9. The Kier molecular flexibility index (Phi) is 10.7. The number of hydrogen-bond donors (Lipinski definition) is 8. The molecule has 2 heterocycles. The number of ketones is 2. The number of aryl methyl sites for hydroxylation is 1. The van der Waals surface area contributed by atoms with E-state index in [4.69, 9.17) is 31.4 Å². The summed E-state index contributed by atoms with van der Waals surface area (Å²) in [4.78, 5) is 32.4. The average molecular weight is 700 g/mol. The Balaban J connectivity index is 1.46. The van der Waals surface area contributed by atoms with Crippen LogP contribution in [-0.4, -0.2) is 88.4 Å². The topological polar surface area (TPSA) is 245 Å². The van der Waals surface area contributed by atoms with Gasteiger partial charge >= 0.3 is 0 Å². The predicted octanol–water partition coefficient (Wildman–Crippen LogP) is 0.649. The summed E-state index contributed by atoms with van der Waals surface area (Å²) in [6, 6.07) is 15.8. The van der Waals surface area contributed by atoms with Crippen LogP contribution in [0.5, 0.6) is 11.5 Å². The van der Waals surface area contributed by atoms with Gasteiger partial charge in [-0.3, -0.25) is 9.59 Å². The van der Waals surface area contributed by atoms with Crippen molar-refractivity contribution in [2.75, 3.05) is 19.8 Å². The van der Waals surface area contributed by atoms with E-state index >= 15 is 0 Å². The van der Waals surface area contributed by atoms with E-state index in [0.29, 0.717) is 30.8 Å². The number of ether oxygens (including phenoxy) is 3. The molecule has 268 valence electrons. The summed E-state index contributed by atoms with van der Waals surface area (Å²) < 4.78 is 18.3. The molecule has 0 bridgehead atoms. The van der Waals surface area contributed by atoms with E-state index < -0.39 is 54.6 Å². The number of dihydropyridines is 1. The number of aromatic hydroxyl groups is 1. The minimum Gasteiger partial charge on any atom is -0.504 e. The Labute approximate surface area is 293 Å². The Bertz CT molecular complexity index is 1890. The second-order valence-corrected chi connectivity index (χ2v) is 12.5. The molecule has 0 saturated carbocycles. The molecule has 3 aliphatic rings. The zero-order chi connectivity index (χ0) is 36.2. The van der Waals surface area contributed by atoms with Crippen LogP contribution in [0.15, 0.2) is 83.1 Å². The average Bonchev–Trinajstić information content (AvgIpc) is 3.13. The van der Waals surface area contributed by atoms with Gasteiger partial charge in [0.05, 0.1) is 31.1 Å². The first-order chi connectivity index (χ1) is 24.6. The van der Waals surface area contributed by atoms with Crippen molar-refractivity contribution in [1.82, 2.24) is 5.32 Å². The van der Waals surface area contributed by atoms with Crippen molar-refractivity contribution in [3.05, 3.63) is 117 Å². The summed E-state index contributed by atoms with van der Waals surface area (Å²) in [5.41, 5.74) is 19.8. The third kappa shape index (κ3) is 7.31. The van der Waals surface area contributed by atoms with E-state index in [1.807, 2.05) is 36.4 Å². The van der Waals surface area contributed by atoms with E-state index in [-0.39, 0.29) is 59.1 Å². The van der Waals surface area contributed by atoms with Crippen molar-refractivity contribution in [3.63, 3.8) is 0 Å². The van der Waals surface area contributed by atoms with Crippen molar-refractivity contribution in [3.8, 4) is 11.5 Å². The number of nitrogens with zero attached hydrogens (tertiary/aromatic N) is 1. The van der Waals surface area contributed by atoms with Crippen LogP contribution >= 0.6 is 0 Å². The lowest BCUT2D eigenvalue weighted by Crippen LogP contribution is -2.61. The summed E-state index contributed by atoms with van der Waals surface area (Å²) >= 11 is 0. The smallest absolute Gasteiger partial charge is 0.229 e. The number of nitrogens with two attached hydrogens (primary N) is 3. The molecule has 2 aliphatic heterocycles. The lowest BCUT2D eigenvalue weighted by atomic mass is 9.78. The number of hydrogen-bond acceptors (Lipinski definition) is 12. The monoisotopic (exact) mass is 699 g/mol. The molecule has 14 nitrogen and oxygen atoms in total. The highest BCUT2D eigenvalue weighted by Gasteiger charge is 2.47. The molecule has 5 atom stereocenters. The highest BCUT2D eigenvalue weighted by molar-refractivity contribution is 6.30. The summed E-state index contributed by atoms with van der Waals surface area (Å²) in [5, 5.41) is 46.9. The maximum Gasteiger partial charge on any atom is 0.229 e. The normalized spacial score (nSPS) is 22.6. The van der Waals surface area contributed by atoms with Gasteiger partial charge in [-0.1, -0.05) is 60.7 Å². The number of phenolic OH excluding ortho intramolecular Hbond substituents is 1. The highest BCUT2D eigenvalue weighted by atomic mass is 16.7. The summed E-state index contributed by atoms with van der Waals surface area (Å²) in [6.07, 6.45) is -2.62. The molecule has 0 spiro atoms. The van der Waals surface area contributed by atoms with Gasteiger partial charge in [-0.2, -0.15) is 0 Å². The first kappa shape index (κ1) is 35.6. The van der Waals surface area contributed by atoms with Crippen LogP contribution in [0.4, 0.5) is 0 Å². The van der Waals surface area contributed by atoms with Crippen LogP contribution in [0, 0.1) is 0 Å². The second kappa shape index (κ2) is 15.3. The molecule has 1 aliphatic carbocycles. The first-order valence-corrected chi connectivity index (χ1v) is 16.6. The molecule has 1 fully saturated rings. The van der Waals surface area contributed by atoms with Gasteiger partial charge < -0.3 is 57.2 Å². The third-order valence-corrected chi connectivity index (χ3v) is 9.21. The van der Waals surface area contributed by atoms with Crippen LogP contribution in [0.25, 0.3) is 0 Å². The number of phenols is 1. The van der Waals surface area contributed by atoms with Crippen LogP contribution < -0.4 is 27.3 Å². The van der Waals surface area contributed by atoms with Crippen molar-refractivity contribution in [2.45, 2.75) is 56.5 Å². The van der Waals surface area contributed by atoms with Gasteiger partial charge in [0.1, 0.15) is 24.4 Å². The number of fused-ring (bicyclic) bond motifs is 2. The second-order valence-electron chi connectivity index (χ2n) is 12.5. The molecule has 14 heteroatoms. The lowest BCUT2D eigenvalue weighted by Gasteiger charge is -2.42. The predicted molar refractivity (Wildman–Crippen MR) is 186 cm³/mol. The van der Waals surface area contributed by atoms with Gasteiger partial charge in [-0.25, -0.2) is 4.99 Å². The van der Waals surface area contributed by atoms with Crippen LogP contribution in [0.2, 0.25) is 0 Å². The summed E-state index contributed by atoms with van der Waals surface area (Å²) in [7, 11) is 0. The van der Waals surface area contributed by atoms with E-state index in [1.165, 1.54) is 6.07 Å². The molecule has 0 unspecified atom stereocenters. The van der Waals surface area contributed by atoms with Crippen LogP contribution in [0.1, 0.15) is 55.0 Å². The Morgan fingerprint density at radius 1 is 0.922 bits per heavy atom. The zero-order valence-corrected chi connectivity index (χ0v) is 27.7. The largest absolute Gasteiger partial charge is 0.504 e. The number of aliphatic hydroxyl groups is 3. The minimum absolute atomic E-state index is 0.00361. The van der Waals surface area contributed by atoms with E-state index in [9.17, 15) is 30.0 Å². The van der Waals surface area contributed by atoms with Gasteiger partial charge in [0.2, 0.25) is 6.29 Å². The number of guanidine groups is 1. The van der Waals surface area contributed by atoms with Gasteiger partial charge in [0.25, 0.3) is 0 Å². The van der Waals surface area contributed by atoms with Gasteiger partial charge in [-0.05, 0) is 42.0 Å². The molecule has 11 N–H and O–H groups in total. The molecule has 0 radical (unpaired) electrons. The zero-order valence-electron chi connectivity index (χ0n) is 27.7. The van der Waals surface area contributed by atoms with Gasteiger partial charge in [0, 0.05) is 28.8 Å². The number of allylic oxidation sites excluding steroid dienone is 1. The number of aliphatic imine (C=N–C) groups is 1. The Hall–Kier alpha value is -5.25. The van der Waals surface area contributed by atoms with Crippen molar-refractivity contribution < 1.29 is 44.2 Å². The quantitative estimate of drug-likeness (QED) is 0.0749. The highest BCUT2D eigenvalue weighted by Crippen LogP contribution is 2.46. The molecule has 3 aromatic rings. The number of rotatable bonds is 12. The first-order valence-electron chi connectivity index (χ1n) is 16.6. The fourth-order valence-electron chi connectivity index (χ4n) is 6.63. The van der Waals surface area contributed by atoms with Crippen molar-refractivity contribution in [2.24, 2.45) is 22.2 Å². The molecule has 6 rings (SSSR count). The molecule has 51 heavy (non-hydrogen) atoms. The lowest BCUT2D eigenvalue weighted by molar-refractivity contribution is -0.287. The molecular weight excluding hydrogens is 658 g/mol. The van der Waals surface area contributed by atoms with Crippen molar-refractivity contribution >= 4 is 17.5 Å². The van der Waals surface area contributed by atoms with Gasteiger partial charge in [0.15, 0.2) is 29.0 Å². The molecule has 0 aromatic heterocycles. The third-order valence-electron chi connectivity index (χ3n) is 9.21. The number of carbonyl (C=O) groups excluding carboxylic acids is 2. The Morgan fingerprint density at radius 2 is 1.61 bits per heavy atom. The standard InChI is InChI=1S/C37H41N5O9/c38-26-16-20(12-14-41-26)13-15-49-35-33(48)31(46)25(18-43)50-36(35)51-34-24(17-42-37(39)40)21(11-10-19-6-2-1-3-7-19)27-28(32(34)47)30(45)23-9-5-4-8-22(23)29(27)44/h1-9,12,16,25,31,33,35-36,41,43,46-48H,10-11,13-15,17-18,38H2,(H4,39,40,42)/t25-,31-,33+,35-,36+/m0/s1. The van der Waals surface area contributed by atoms with E-state index in [1.54, 1.807) is 24.3 Å². The molecule has 0 amide bonds. The van der Waals surface area contributed by atoms with E-state index in [2.05, 4.69) is 10.3 Å². The minimum atomic E-state index is -1.60. The number of aliphatic hydroxyl groups excluding tert-OH is 3. The number of carbonyl (C=O) groups is 2.